The predicted molar refractivity (Wildman–Crippen MR) is 103 cm³/mol. The van der Waals surface area contributed by atoms with E-state index in [0.717, 1.165) is 19.1 Å². The third-order valence-corrected chi connectivity index (χ3v) is 5.28. The first-order chi connectivity index (χ1) is 11.8. The summed E-state index contributed by atoms with van der Waals surface area (Å²) >= 11 is 0. The van der Waals surface area contributed by atoms with E-state index >= 15 is 0 Å². The quantitative estimate of drug-likeness (QED) is 0.237. The summed E-state index contributed by atoms with van der Waals surface area (Å²) < 4.78 is 4.84. The number of hydrogen-bond donors (Lipinski definition) is 0. The Kier molecular flexibility index (Phi) is 8.88. The van der Waals surface area contributed by atoms with Crippen LogP contribution in [0, 0.1) is 11.3 Å². The van der Waals surface area contributed by atoms with Gasteiger partial charge in [-0.15, -0.1) is 0 Å². The standard InChI is InChI=1S/C22H34O3/c1-17(8-6-10-20(16-23)13-15-25-19(3)24)11-12-21-18(2)9-7-14-22(21,4)5/h8-9,13,16,21H,6-7,10-12,14-15H2,1-5H3/b17-8+,20-13+/t21-/m1/s1. The van der Waals surface area contributed by atoms with Gasteiger partial charge in [-0.25, -0.2) is 0 Å². The maximum Gasteiger partial charge on any atom is 0.302 e. The highest BCUT2D eigenvalue weighted by Gasteiger charge is 2.32. The van der Waals surface area contributed by atoms with E-state index in [2.05, 4.69) is 39.8 Å². The van der Waals surface area contributed by atoms with Gasteiger partial charge in [-0.1, -0.05) is 37.1 Å². The fourth-order valence-electron chi connectivity index (χ4n) is 3.66. The molecule has 0 aromatic carbocycles. The van der Waals surface area contributed by atoms with Crippen molar-refractivity contribution in [2.45, 2.75) is 73.1 Å². The molecule has 0 unspecified atom stereocenters. The number of ether oxygens (including phenoxy) is 1. The fourth-order valence-corrected chi connectivity index (χ4v) is 3.66. The summed E-state index contributed by atoms with van der Waals surface area (Å²) in [6, 6.07) is 0. The van der Waals surface area contributed by atoms with E-state index in [4.69, 9.17) is 4.74 Å². The zero-order chi connectivity index (χ0) is 18.9. The van der Waals surface area contributed by atoms with Crippen LogP contribution in [-0.2, 0) is 14.3 Å². The van der Waals surface area contributed by atoms with Gasteiger partial charge in [0.2, 0.25) is 0 Å². The zero-order valence-corrected chi connectivity index (χ0v) is 16.6. The first kappa shape index (κ1) is 21.4. The molecule has 3 nitrogen and oxygen atoms in total. The SMILES string of the molecule is CC(=O)OC/C=C(/C=O)CC/C=C(\C)CC[C@@H]1C(C)=CCCC1(C)C. The second kappa shape index (κ2) is 10.4. The molecule has 0 saturated heterocycles. The van der Waals surface area contributed by atoms with Crippen LogP contribution in [0.4, 0.5) is 0 Å². The summed E-state index contributed by atoms with van der Waals surface area (Å²) in [7, 11) is 0. The number of allylic oxidation sites excluding steroid dienone is 5. The summed E-state index contributed by atoms with van der Waals surface area (Å²) in [5.41, 5.74) is 4.01. The largest absolute Gasteiger partial charge is 0.462 e. The Balaban J connectivity index is 2.45. The second-order valence-corrected chi connectivity index (χ2v) is 7.86. The molecule has 0 bridgehead atoms. The predicted octanol–water partition coefficient (Wildman–Crippen LogP) is 5.56. The van der Waals surface area contributed by atoms with Crippen LogP contribution in [0.3, 0.4) is 0 Å². The van der Waals surface area contributed by atoms with Crippen molar-refractivity contribution in [1.29, 1.82) is 0 Å². The maximum atomic E-state index is 11.1. The minimum Gasteiger partial charge on any atom is -0.462 e. The Labute approximate surface area is 153 Å². The van der Waals surface area contributed by atoms with E-state index in [-0.39, 0.29) is 12.6 Å². The summed E-state index contributed by atoms with van der Waals surface area (Å²) in [6.45, 7) is 10.8. The third-order valence-electron chi connectivity index (χ3n) is 5.28. The molecule has 0 aliphatic heterocycles. The third kappa shape index (κ3) is 7.85. The Hall–Kier alpha value is -1.64. The van der Waals surface area contributed by atoms with Crippen molar-refractivity contribution in [2.75, 3.05) is 6.61 Å². The van der Waals surface area contributed by atoms with Crippen LogP contribution in [0.5, 0.6) is 0 Å². The molecule has 0 saturated carbocycles. The highest BCUT2D eigenvalue weighted by atomic mass is 16.5. The van der Waals surface area contributed by atoms with Crippen molar-refractivity contribution in [3.05, 3.63) is 34.9 Å². The van der Waals surface area contributed by atoms with Crippen LogP contribution >= 0.6 is 0 Å². The topological polar surface area (TPSA) is 43.4 Å². The number of hydrogen-bond acceptors (Lipinski definition) is 3. The molecular weight excluding hydrogens is 312 g/mol. The van der Waals surface area contributed by atoms with Gasteiger partial charge in [-0.3, -0.25) is 9.59 Å². The average Bonchev–Trinajstić information content (AvgIpc) is 2.52. The minimum atomic E-state index is -0.327. The molecule has 0 radical (unpaired) electrons. The van der Waals surface area contributed by atoms with Gasteiger partial charge < -0.3 is 4.74 Å². The molecule has 0 amide bonds. The van der Waals surface area contributed by atoms with Crippen LogP contribution < -0.4 is 0 Å². The van der Waals surface area contributed by atoms with Crippen LogP contribution in [0.15, 0.2) is 34.9 Å². The Bertz CT molecular complexity index is 550. The minimum absolute atomic E-state index is 0.175. The van der Waals surface area contributed by atoms with Gasteiger partial charge in [0.25, 0.3) is 0 Å². The van der Waals surface area contributed by atoms with Gasteiger partial charge in [-0.05, 0) is 75.4 Å². The highest BCUT2D eigenvalue weighted by molar-refractivity contribution is 5.73. The van der Waals surface area contributed by atoms with Crippen LogP contribution in [0.25, 0.3) is 0 Å². The van der Waals surface area contributed by atoms with E-state index in [1.165, 1.54) is 31.8 Å². The molecule has 140 valence electrons. The van der Waals surface area contributed by atoms with Crippen LogP contribution in [0.2, 0.25) is 0 Å². The van der Waals surface area contributed by atoms with Crippen molar-refractivity contribution in [3.8, 4) is 0 Å². The first-order valence-electron chi connectivity index (χ1n) is 9.36. The molecule has 1 aliphatic carbocycles. The second-order valence-electron chi connectivity index (χ2n) is 7.86. The molecule has 1 rings (SSSR count). The fraction of sp³-hybridized carbons (Fsp3) is 0.636. The molecule has 1 atom stereocenters. The lowest BCUT2D eigenvalue weighted by molar-refractivity contribution is -0.139. The lowest BCUT2D eigenvalue weighted by Gasteiger charge is -2.38. The average molecular weight is 347 g/mol. The van der Waals surface area contributed by atoms with Crippen molar-refractivity contribution >= 4 is 12.3 Å². The number of carbonyl (C=O) groups excluding carboxylic acids is 2. The van der Waals surface area contributed by atoms with E-state index in [0.29, 0.717) is 23.3 Å². The van der Waals surface area contributed by atoms with E-state index in [1.54, 1.807) is 11.6 Å². The molecule has 25 heavy (non-hydrogen) atoms. The molecular formula is C22H34O3. The van der Waals surface area contributed by atoms with Crippen molar-refractivity contribution < 1.29 is 14.3 Å². The maximum absolute atomic E-state index is 11.1. The molecule has 0 aromatic rings. The van der Waals surface area contributed by atoms with Gasteiger partial charge in [0.1, 0.15) is 12.9 Å². The first-order valence-corrected chi connectivity index (χ1v) is 9.36. The summed E-state index contributed by atoms with van der Waals surface area (Å²) in [6.07, 6.45) is 13.5. The number of carbonyl (C=O) groups is 2. The molecule has 0 fully saturated rings. The molecule has 0 N–H and O–H groups in total. The van der Waals surface area contributed by atoms with Crippen molar-refractivity contribution in [3.63, 3.8) is 0 Å². The smallest absolute Gasteiger partial charge is 0.302 e. The van der Waals surface area contributed by atoms with Crippen molar-refractivity contribution in [1.82, 2.24) is 0 Å². The van der Waals surface area contributed by atoms with Crippen molar-refractivity contribution in [2.24, 2.45) is 11.3 Å². The van der Waals surface area contributed by atoms with Gasteiger partial charge in [0.15, 0.2) is 0 Å². The zero-order valence-electron chi connectivity index (χ0n) is 16.6. The lowest BCUT2D eigenvalue weighted by Crippen LogP contribution is -2.27. The van der Waals surface area contributed by atoms with Gasteiger partial charge >= 0.3 is 5.97 Å². The van der Waals surface area contributed by atoms with Gasteiger partial charge in [0.05, 0.1) is 0 Å². The summed E-state index contributed by atoms with van der Waals surface area (Å²) in [4.78, 5) is 21.8. The highest BCUT2D eigenvalue weighted by Crippen LogP contribution is 2.43. The van der Waals surface area contributed by atoms with E-state index in [1.807, 2.05) is 0 Å². The molecule has 0 spiro atoms. The number of rotatable bonds is 9. The molecule has 3 heteroatoms. The summed E-state index contributed by atoms with van der Waals surface area (Å²) in [5, 5.41) is 0. The molecule has 1 aliphatic rings. The summed E-state index contributed by atoms with van der Waals surface area (Å²) in [5.74, 6) is 0.339. The van der Waals surface area contributed by atoms with Crippen LogP contribution in [0.1, 0.15) is 73.1 Å². The number of esters is 1. The van der Waals surface area contributed by atoms with Gasteiger partial charge in [-0.2, -0.15) is 0 Å². The van der Waals surface area contributed by atoms with E-state index < -0.39 is 0 Å². The van der Waals surface area contributed by atoms with E-state index in [9.17, 15) is 9.59 Å². The Morgan fingerprint density at radius 1 is 1.28 bits per heavy atom. The Morgan fingerprint density at radius 2 is 2.00 bits per heavy atom. The monoisotopic (exact) mass is 346 g/mol. The molecule has 0 aromatic heterocycles. The Morgan fingerprint density at radius 3 is 2.60 bits per heavy atom. The normalized spacial score (nSPS) is 20.8. The van der Waals surface area contributed by atoms with Crippen LogP contribution in [-0.4, -0.2) is 18.9 Å². The lowest BCUT2D eigenvalue weighted by atomic mass is 9.67. The van der Waals surface area contributed by atoms with Gasteiger partial charge in [0, 0.05) is 6.92 Å². The molecule has 0 heterocycles. The number of aldehydes is 1.